The molecule has 1 rings (SSSR count). The maximum absolute atomic E-state index is 13.1. The highest BCUT2D eigenvalue weighted by Crippen LogP contribution is 2.27. The molecule has 0 saturated carbocycles. The van der Waals surface area contributed by atoms with E-state index in [-0.39, 0.29) is 11.3 Å². The minimum atomic E-state index is -3.70. The van der Waals surface area contributed by atoms with Crippen molar-refractivity contribution in [3.63, 3.8) is 0 Å². The molecule has 5 heteroatoms. The quantitative estimate of drug-likeness (QED) is 0.622. The van der Waals surface area contributed by atoms with Gasteiger partial charge >= 0.3 is 0 Å². The van der Waals surface area contributed by atoms with Crippen molar-refractivity contribution in [2.75, 3.05) is 0 Å². The van der Waals surface area contributed by atoms with E-state index in [2.05, 4.69) is 0 Å². The number of hydrogen-bond donors (Lipinski definition) is 0. The van der Waals surface area contributed by atoms with Crippen LogP contribution in [0, 0.1) is 0 Å². The minimum absolute atomic E-state index is 0.0284. The fourth-order valence-corrected chi connectivity index (χ4v) is 1.73. The Bertz CT molecular complexity index is 340. The fourth-order valence-electron chi connectivity index (χ4n) is 0.873. The van der Waals surface area contributed by atoms with Crippen LogP contribution in [0.5, 0.6) is 0 Å². The van der Waals surface area contributed by atoms with E-state index in [1.807, 2.05) is 0 Å². The largest absolute Gasteiger partial charge is 0.260 e. The first kappa shape index (κ1) is 9.74. The van der Waals surface area contributed by atoms with Gasteiger partial charge in [-0.15, -0.1) is 0 Å². The standard InChI is InChI=1S/C7H8ClFO2S/c1-7(9)4-2-6(3-5-7)12(8,10)11/h2-4H,5H2,1H3. The molecule has 2 nitrogen and oxygen atoms in total. The third-order valence-corrected chi connectivity index (χ3v) is 2.98. The van der Waals surface area contributed by atoms with E-state index >= 15 is 0 Å². The van der Waals surface area contributed by atoms with E-state index in [0.717, 1.165) is 0 Å². The number of allylic oxidation sites excluding steroid dienone is 3. The fraction of sp³-hybridized carbons (Fsp3) is 0.429. The summed E-state index contributed by atoms with van der Waals surface area (Å²) in [7, 11) is 1.34. The monoisotopic (exact) mass is 210 g/mol. The van der Waals surface area contributed by atoms with Gasteiger partial charge in [0.1, 0.15) is 5.67 Å². The molecule has 1 aliphatic carbocycles. The molecule has 0 amide bonds. The van der Waals surface area contributed by atoms with Gasteiger partial charge in [-0.2, -0.15) is 0 Å². The lowest BCUT2D eigenvalue weighted by molar-refractivity contribution is 0.259. The second kappa shape index (κ2) is 2.85. The topological polar surface area (TPSA) is 34.1 Å². The Morgan fingerprint density at radius 1 is 1.67 bits per heavy atom. The molecule has 0 N–H and O–H groups in total. The zero-order chi connectivity index (χ0) is 9.41. The van der Waals surface area contributed by atoms with Crippen molar-refractivity contribution in [3.8, 4) is 0 Å². The molecule has 1 atom stereocenters. The summed E-state index contributed by atoms with van der Waals surface area (Å²) in [6.45, 7) is 1.37. The number of alkyl halides is 1. The summed E-state index contributed by atoms with van der Waals surface area (Å²) in [4.78, 5) is -0.0284. The van der Waals surface area contributed by atoms with Crippen molar-refractivity contribution in [3.05, 3.63) is 23.1 Å². The highest BCUT2D eigenvalue weighted by molar-refractivity contribution is 8.17. The lowest BCUT2D eigenvalue weighted by Gasteiger charge is -2.17. The van der Waals surface area contributed by atoms with Gasteiger partial charge in [-0.25, -0.2) is 12.8 Å². The van der Waals surface area contributed by atoms with Gasteiger partial charge in [0.25, 0.3) is 9.05 Å². The summed E-state index contributed by atoms with van der Waals surface area (Å²) in [5.41, 5.74) is -1.45. The maximum atomic E-state index is 13.1. The van der Waals surface area contributed by atoms with Crippen LogP contribution in [0.15, 0.2) is 23.1 Å². The second-order valence-corrected chi connectivity index (χ2v) is 5.43. The van der Waals surface area contributed by atoms with Crippen molar-refractivity contribution in [1.29, 1.82) is 0 Å². The van der Waals surface area contributed by atoms with Crippen LogP contribution in [0.1, 0.15) is 13.3 Å². The highest BCUT2D eigenvalue weighted by atomic mass is 35.7. The van der Waals surface area contributed by atoms with E-state index < -0.39 is 14.7 Å². The molecule has 12 heavy (non-hydrogen) atoms. The Hall–Kier alpha value is -0.350. The summed E-state index contributed by atoms with van der Waals surface area (Å²) in [5, 5.41) is 0. The molecule has 0 heterocycles. The molecule has 0 aromatic carbocycles. The normalized spacial score (nSPS) is 30.1. The highest BCUT2D eigenvalue weighted by Gasteiger charge is 2.24. The summed E-state index contributed by atoms with van der Waals surface area (Å²) >= 11 is 0. The van der Waals surface area contributed by atoms with Gasteiger partial charge in [0.15, 0.2) is 0 Å². The Morgan fingerprint density at radius 2 is 2.25 bits per heavy atom. The van der Waals surface area contributed by atoms with Gasteiger partial charge in [0, 0.05) is 17.1 Å². The smallest absolute Gasteiger partial charge is 0.239 e. The second-order valence-electron chi connectivity index (χ2n) is 2.86. The van der Waals surface area contributed by atoms with E-state index in [9.17, 15) is 12.8 Å². The SMILES string of the molecule is CC1(F)C=CC(S(=O)(=O)Cl)=CC1. The third kappa shape index (κ3) is 2.32. The van der Waals surface area contributed by atoms with Crippen molar-refractivity contribution in [2.24, 2.45) is 0 Å². The molecule has 1 unspecified atom stereocenters. The van der Waals surface area contributed by atoms with Crippen LogP contribution in [-0.4, -0.2) is 14.1 Å². The van der Waals surface area contributed by atoms with Crippen molar-refractivity contribution in [1.82, 2.24) is 0 Å². The molecule has 0 saturated heterocycles. The van der Waals surface area contributed by atoms with Crippen molar-refractivity contribution >= 4 is 19.7 Å². The van der Waals surface area contributed by atoms with Crippen LogP contribution in [0.25, 0.3) is 0 Å². The zero-order valence-electron chi connectivity index (χ0n) is 6.42. The molecule has 68 valence electrons. The predicted molar refractivity (Wildman–Crippen MR) is 46.1 cm³/mol. The summed E-state index contributed by atoms with van der Waals surface area (Å²) in [5.74, 6) is 0. The van der Waals surface area contributed by atoms with Crippen LogP contribution in [0.4, 0.5) is 4.39 Å². The first-order chi connectivity index (χ1) is 5.31. The molecule has 1 aliphatic rings. The summed E-state index contributed by atoms with van der Waals surface area (Å²) in [6, 6.07) is 0. The van der Waals surface area contributed by atoms with Crippen LogP contribution in [-0.2, 0) is 9.05 Å². The molecule has 0 bridgehead atoms. The molecule has 0 aliphatic heterocycles. The first-order valence-electron chi connectivity index (χ1n) is 3.34. The molecular weight excluding hydrogens is 203 g/mol. The Morgan fingerprint density at radius 3 is 2.58 bits per heavy atom. The van der Waals surface area contributed by atoms with E-state index in [4.69, 9.17) is 10.7 Å². The molecule has 0 aromatic heterocycles. The van der Waals surface area contributed by atoms with Gasteiger partial charge in [-0.3, -0.25) is 0 Å². The van der Waals surface area contributed by atoms with Gasteiger partial charge in [0.2, 0.25) is 0 Å². The van der Waals surface area contributed by atoms with E-state index in [0.29, 0.717) is 0 Å². The van der Waals surface area contributed by atoms with Crippen molar-refractivity contribution < 1.29 is 12.8 Å². The summed E-state index contributed by atoms with van der Waals surface area (Å²) in [6.07, 6.45) is 3.71. The minimum Gasteiger partial charge on any atom is -0.239 e. The van der Waals surface area contributed by atoms with Crippen LogP contribution < -0.4 is 0 Å². The van der Waals surface area contributed by atoms with Gasteiger partial charge in [-0.1, -0.05) is 6.08 Å². The van der Waals surface area contributed by atoms with Crippen molar-refractivity contribution in [2.45, 2.75) is 19.0 Å². The third-order valence-electron chi connectivity index (χ3n) is 1.58. The average molecular weight is 211 g/mol. The first-order valence-corrected chi connectivity index (χ1v) is 5.65. The molecule has 0 fully saturated rings. The Balaban J connectivity index is 2.93. The molecule has 0 spiro atoms. The predicted octanol–water partition coefficient (Wildman–Crippen LogP) is 2.13. The number of rotatable bonds is 1. The number of halogens is 2. The Labute approximate surface area is 75.1 Å². The van der Waals surface area contributed by atoms with Gasteiger partial charge in [0.05, 0.1) is 4.91 Å². The molecule has 0 radical (unpaired) electrons. The van der Waals surface area contributed by atoms with E-state index in [1.165, 1.54) is 25.2 Å². The van der Waals surface area contributed by atoms with E-state index in [1.54, 1.807) is 0 Å². The molecular formula is C7H8ClFO2S. The Kier molecular flexibility index (Phi) is 2.31. The zero-order valence-corrected chi connectivity index (χ0v) is 7.99. The number of hydrogen-bond acceptors (Lipinski definition) is 2. The van der Waals surface area contributed by atoms with Crippen LogP contribution >= 0.6 is 10.7 Å². The van der Waals surface area contributed by atoms with Gasteiger partial charge in [-0.05, 0) is 19.1 Å². The lowest BCUT2D eigenvalue weighted by Crippen LogP contribution is -2.16. The molecule has 0 aromatic rings. The van der Waals surface area contributed by atoms with Crippen LogP contribution in [0.2, 0.25) is 0 Å². The maximum Gasteiger partial charge on any atom is 0.260 e. The summed E-state index contributed by atoms with van der Waals surface area (Å²) < 4.78 is 34.5. The van der Waals surface area contributed by atoms with Gasteiger partial charge < -0.3 is 0 Å². The van der Waals surface area contributed by atoms with Crippen LogP contribution in [0.3, 0.4) is 0 Å². The average Bonchev–Trinajstić information content (AvgIpc) is 1.83. The lowest BCUT2D eigenvalue weighted by atomic mass is 10.0.